The molecule has 1 heterocycles. The first-order valence-corrected chi connectivity index (χ1v) is 6.24. The molecule has 0 spiro atoms. The van der Waals surface area contributed by atoms with Gasteiger partial charge in [0.05, 0.1) is 6.04 Å². The minimum Gasteiger partial charge on any atom is -0.338 e. The van der Waals surface area contributed by atoms with E-state index < -0.39 is 0 Å². The lowest BCUT2D eigenvalue weighted by atomic mass is 10.1. The molecular formula is C12H25N3O. The maximum atomic E-state index is 12.2. The molecule has 4 nitrogen and oxygen atoms in total. The van der Waals surface area contributed by atoms with Crippen LogP contribution < -0.4 is 5.32 Å². The molecule has 1 fully saturated rings. The SMILES string of the molecule is CCN(C(=O)[C@H]1CCCN1)C(C)CN(C)C. The molecule has 1 rings (SSSR count). The Morgan fingerprint density at radius 2 is 2.19 bits per heavy atom. The van der Waals surface area contributed by atoms with Crippen LogP contribution in [-0.4, -0.2) is 61.5 Å². The minimum absolute atomic E-state index is 0.0598. The Hall–Kier alpha value is -0.610. The summed E-state index contributed by atoms with van der Waals surface area (Å²) in [5, 5.41) is 3.27. The number of hydrogen-bond donors (Lipinski definition) is 1. The Morgan fingerprint density at radius 3 is 2.62 bits per heavy atom. The molecule has 1 N–H and O–H groups in total. The molecule has 1 amide bonds. The molecule has 1 saturated heterocycles. The second-order valence-electron chi connectivity index (χ2n) is 4.88. The van der Waals surface area contributed by atoms with E-state index in [1.54, 1.807) is 0 Å². The third-order valence-corrected chi connectivity index (χ3v) is 3.14. The van der Waals surface area contributed by atoms with E-state index in [0.717, 1.165) is 32.5 Å². The molecule has 94 valence electrons. The van der Waals surface area contributed by atoms with E-state index in [-0.39, 0.29) is 18.0 Å². The summed E-state index contributed by atoms with van der Waals surface area (Å²) in [6.45, 7) is 6.88. The van der Waals surface area contributed by atoms with Crippen molar-refractivity contribution in [3.05, 3.63) is 0 Å². The summed E-state index contributed by atoms with van der Waals surface area (Å²) >= 11 is 0. The van der Waals surface area contributed by atoms with Gasteiger partial charge in [0.2, 0.25) is 5.91 Å². The first-order chi connectivity index (χ1) is 7.56. The average molecular weight is 227 g/mol. The van der Waals surface area contributed by atoms with Crippen molar-refractivity contribution >= 4 is 5.91 Å². The lowest BCUT2D eigenvalue weighted by Crippen LogP contribution is -2.50. The third-order valence-electron chi connectivity index (χ3n) is 3.14. The van der Waals surface area contributed by atoms with Gasteiger partial charge >= 0.3 is 0 Å². The van der Waals surface area contributed by atoms with E-state index in [2.05, 4.69) is 24.1 Å². The van der Waals surface area contributed by atoms with Gasteiger partial charge in [-0.1, -0.05) is 0 Å². The van der Waals surface area contributed by atoms with Crippen molar-refractivity contribution in [1.29, 1.82) is 0 Å². The van der Waals surface area contributed by atoms with Crippen molar-refractivity contribution in [3.63, 3.8) is 0 Å². The first kappa shape index (κ1) is 13.5. The lowest BCUT2D eigenvalue weighted by Gasteiger charge is -2.32. The monoisotopic (exact) mass is 227 g/mol. The molecule has 1 unspecified atom stereocenters. The van der Waals surface area contributed by atoms with Gasteiger partial charge in [0.1, 0.15) is 0 Å². The number of nitrogens with zero attached hydrogens (tertiary/aromatic N) is 2. The highest BCUT2D eigenvalue weighted by molar-refractivity contribution is 5.82. The summed E-state index contributed by atoms with van der Waals surface area (Å²) in [6, 6.07) is 0.347. The van der Waals surface area contributed by atoms with Crippen LogP contribution in [-0.2, 0) is 4.79 Å². The van der Waals surface area contributed by atoms with Crippen LogP contribution in [0.15, 0.2) is 0 Å². The maximum absolute atomic E-state index is 12.2. The Bertz CT molecular complexity index is 224. The summed E-state index contributed by atoms with van der Waals surface area (Å²) in [6.07, 6.45) is 2.11. The fourth-order valence-electron chi connectivity index (χ4n) is 2.41. The summed E-state index contributed by atoms with van der Waals surface area (Å²) in [4.78, 5) is 16.4. The van der Waals surface area contributed by atoms with Crippen LogP contribution in [0.25, 0.3) is 0 Å². The fraction of sp³-hybridized carbons (Fsp3) is 0.917. The van der Waals surface area contributed by atoms with Gasteiger partial charge in [0.25, 0.3) is 0 Å². The van der Waals surface area contributed by atoms with Gasteiger partial charge in [-0.25, -0.2) is 0 Å². The van der Waals surface area contributed by atoms with Gasteiger partial charge in [-0.2, -0.15) is 0 Å². The highest BCUT2D eigenvalue weighted by atomic mass is 16.2. The molecule has 16 heavy (non-hydrogen) atoms. The first-order valence-electron chi connectivity index (χ1n) is 6.24. The van der Waals surface area contributed by atoms with Crippen LogP contribution in [0, 0.1) is 0 Å². The fourth-order valence-corrected chi connectivity index (χ4v) is 2.41. The van der Waals surface area contributed by atoms with Crippen molar-refractivity contribution in [2.24, 2.45) is 0 Å². The van der Waals surface area contributed by atoms with Crippen LogP contribution >= 0.6 is 0 Å². The number of likely N-dealkylation sites (N-methyl/N-ethyl adjacent to an activating group) is 2. The summed E-state index contributed by atoms with van der Waals surface area (Å²) in [5.74, 6) is 0.273. The van der Waals surface area contributed by atoms with Crippen molar-refractivity contribution in [1.82, 2.24) is 15.1 Å². The van der Waals surface area contributed by atoms with E-state index in [1.165, 1.54) is 0 Å². The molecule has 1 aliphatic heterocycles. The zero-order valence-electron chi connectivity index (χ0n) is 11.0. The number of nitrogens with one attached hydrogen (secondary N) is 1. The smallest absolute Gasteiger partial charge is 0.239 e. The molecule has 0 aromatic heterocycles. The van der Waals surface area contributed by atoms with Crippen molar-refractivity contribution < 1.29 is 4.79 Å². The topological polar surface area (TPSA) is 35.6 Å². The van der Waals surface area contributed by atoms with E-state index in [1.807, 2.05) is 19.0 Å². The molecule has 4 heteroatoms. The number of amides is 1. The van der Waals surface area contributed by atoms with Crippen molar-refractivity contribution in [3.8, 4) is 0 Å². The van der Waals surface area contributed by atoms with Gasteiger partial charge in [-0.3, -0.25) is 4.79 Å². The summed E-state index contributed by atoms with van der Waals surface area (Å²) in [5.41, 5.74) is 0. The zero-order valence-corrected chi connectivity index (χ0v) is 11.0. The molecule has 0 saturated carbocycles. The molecule has 2 atom stereocenters. The lowest BCUT2D eigenvalue weighted by molar-refractivity contribution is -0.135. The van der Waals surface area contributed by atoms with Crippen molar-refractivity contribution in [2.45, 2.75) is 38.8 Å². The Balaban J connectivity index is 2.54. The normalized spacial score (nSPS) is 22.4. The quantitative estimate of drug-likeness (QED) is 0.744. The number of hydrogen-bond acceptors (Lipinski definition) is 3. The average Bonchev–Trinajstić information content (AvgIpc) is 2.69. The van der Waals surface area contributed by atoms with E-state index >= 15 is 0 Å². The number of carbonyl (C=O) groups is 1. The summed E-state index contributed by atoms with van der Waals surface area (Å²) in [7, 11) is 4.09. The predicted octanol–water partition coefficient (Wildman–Crippen LogP) is 0.537. The van der Waals surface area contributed by atoms with Crippen LogP contribution in [0.3, 0.4) is 0 Å². The predicted molar refractivity (Wildman–Crippen MR) is 66.4 cm³/mol. The van der Waals surface area contributed by atoms with Crippen LogP contribution in [0.2, 0.25) is 0 Å². The van der Waals surface area contributed by atoms with Gasteiger partial charge in [-0.15, -0.1) is 0 Å². The Morgan fingerprint density at radius 1 is 1.50 bits per heavy atom. The third kappa shape index (κ3) is 3.46. The van der Waals surface area contributed by atoms with E-state index in [0.29, 0.717) is 0 Å². The van der Waals surface area contributed by atoms with Crippen LogP contribution in [0.1, 0.15) is 26.7 Å². The molecule has 0 aromatic carbocycles. The van der Waals surface area contributed by atoms with Gasteiger partial charge in [-0.05, 0) is 47.3 Å². The van der Waals surface area contributed by atoms with E-state index in [4.69, 9.17) is 0 Å². The molecule has 1 aliphatic rings. The minimum atomic E-state index is 0.0598. The highest BCUT2D eigenvalue weighted by Crippen LogP contribution is 2.11. The highest BCUT2D eigenvalue weighted by Gasteiger charge is 2.28. The van der Waals surface area contributed by atoms with Crippen molar-refractivity contribution in [2.75, 3.05) is 33.7 Å². The second-order valence-corrected chi connectivity index (χ2v) is 4.88. The van der Waals surface area contributed by atoms with Gasteiger partial charge < -0.3 is 15.1 Å². The molecule has 0 radical (unpaired) electrons. The molecule has 0 bridgehead atoms. The Kier molecular flexibility index (Phi) is 5.22. The van der Waals surface area contributed by atoms with Crippen LogP contribution in [0.5, 0.6) is 0 Å². The molecule has 0 aliphatic carbocycles. The Labute approximate surface area is 99.0 Å². The van der Waals surface area contributed by atoms with Gasteiger partial charge in [0, 0.05) is 19.1 Å². The van der Waals surface area contributed by atoms with Gasteiger partial charge in [0.15, 0.2) is 0 Å². The number of carbonyl (C=O) groups excluding carboxylic acids is 1. The van der Waals surface area contributed by atoms with E-state index in [9.17, 15) is 4.79 Å². The standard InChI is InChI=1S/C12H25N3O/c1-5-15(10(2)9-14(3)4)12(16)11-7-6-8-13-11/h10-11,13H,5-9H2,1-4H3/t10?,11-/m1/s1. The van der Waals surface area contributed by atoms with Crippen LogP contribution in [0.4, 0.5) is 0 Å². The molecule has 0 aromatic rings. The second kappa shape index (κ2) is 6.21. The summed E-state index contributed by atoms with van der Waals surface area (Å²) < 4.78 is 0. The maximum Gasteiger partial charge on any atom is 0.239 e. The zero-order chi connectivity index (χ0) is 12.1. The largest absolute Gasteiger partial charge is 0.338 e. The molecular weight excluding hydrogens is 202 g/mol. The number of rotatable bonds is 5.